The van der Waals surface area contributed by atoms with Crippen molar-refractivity contribution in [3.63, 3.8) is 0 Å². The van der Waals surface area contributed by atoms with Crippen molar-refractivity contribution in [2.75, 3.05) is 58.4 Å². The van der Waals surface area contributed by atoms with Gasteiger partial charge in [-0.3, -0.25) is 4.72 Å². The average molecular weight is 549 g/mol. The van der Waals surface area contributed by atoms with Crippen LogP contribution in [0, 0.1) is 12.3 Å². The van der Waals surface area contributed by atoms with Crippen LogP contribution in [0.2, 0.25) is 0 Å². The molecule has 0 unspecified atom stereocenters. The molecule has 0 radical (unpaired) electrons. The predicted molar refractivity (Wildman–Crippen MR) is 149 cm³/mol. The first-order valence-electron chi connectivity index (χ1n) is 13.5. The molecule has 208 valence electrons. The lowest BCUT2D eigenvalue weighted by Gasteiger charge is -2.35. The van der Waals surface area contributed by atoms with Crippen LogP contribution in [0.5, 0.6) is 0 Å². The second kappa shape index (κ2) is 10.5. The van der Waals surface area contributed by atoms with E-state index in [2.05, 4.69) is 21.0 Å². The molecule has 2 aromatic rings. The number of hydrogen-bond acceptors (Lipinski definition) is 6. The third-order valence-corrected chi connectivity index (χ3v) is 9.51. The molecule has 3 aliphatic rings. The maximum absolute atomic E-state index is 13.7. The maximum atomic E-state index is 13.7. The summed E-state index contributed by atoms with van der Waals surface area (Å²) in [5.41, 5.74) is 6.00. The number of sulfonamides is 1. The molecule has 3 fully saturated rings. The van der Waals surface area contributed by atoms with Crippen molar-refractivity contribution in [1.29, 1.82) is 0 Å². The largest absolute Gasteiger partial charge is 0.395 e. The van der Waals surface area contributed by atoms with Crippen molar-refractivity contribution < 1.29 is 22.3 Å². The molecule has 1 spiro atoms. The zero-order chi connectivity index (χ0) is 27.0. The highest BCUT2D eigenvalue weighted by Gasteiger charge is 2.44. The van der Waals surface area contributed by atoms with E-state index >= 15 is 0 Å². The Morgan fingerprint density at radius 3 is 2.24 bits per heavy atom. The second-order valence-corrected chi connectivity index (χ2v) is 13.1. The summed E-state index contributed by atoms with van der Waals surface area (Å²) in [6, 6.07) is 11.7. The molecule has 1 saturated carbocycles. The van der Waals surface area contributed by atoms with Crippen LogP contribution in [-0.4, -0.2) is 58.0 Å². The van der Waals surface area contributed by atoms with Gasteiger partial charge in [-0.05, 0) is 79.5 Å². The lowest BCUT2D eigenvalue weighted by Crippen LogP contribution is -2.39. The third kappa shape index (κ3) is 6.51. The molecule has 0 atom stereocenters. The van der Waals surface area contributed by atoms with Crippen molar-refractivity contribution >= 4 is 32.8 Å². The van der Waals surface area contributed by atoms with E-state index in [1.54, 1.807) is 6.07 Å². The second-order valence-electron chi connectivity index (χ2n) is 11.2. The summed E-state index contributed by atoms with van der Waals surface area (Å²) in [5, 5.41) is 12.6. The summed E-state index contributed by atoms with van der Waals surface area (Å²) in [4.78, 5) is 4.37. The number of rotatable bonds is 9. The molecule has 0 amide bonds. The minimum absolute atomic E-state index is 0.126. The summed E-state index contributed by atoms with van der Waals surface area (Å²) in [7, 11) is -3.62. The van der Waals surface area contributed by atoms with Crippen LogP contribution in [0.25, 0.3) is 0 Å². The molecule has 5 rings (SSSR count). The highest BCUT2D eigenvalue weighted by molar-refractivity contribution is 7.92. The van der Waals surface area contributed by atoms with E-state index in [4.69, 9.17) is 5.11 Å². The number of halogens is 2. The number of benzene rings is 2. The van der Waals surface area contributed by atoms with Gasteiger partial charge in [-0.2, -0.15) is 0 Å². The van der Waals surface area contributed by atoms with Gasteiger partial charge in [0.05, 0.1) is 18.0 Å². The quantitative estimate of drug-likeness (QED) is 0.411. The highest BCUT2D eigenvalue weighted by Crippen LogP contribution is 2.54. The van der Waals surface area contributed by atoms with Crippen molar-refractivity contribution in [2.24, 2.45) is 5.41 Å². The number of aliphatic hydroxyl groups is 1. The van der Waals surface area contributed by atoms with Gasteiger partial charge in [0.15, 0.2) is 0 Å². The van der Waals surface area contributed by atoms with Crippen LogP contribution in [-0.2, 0) is 16.6 Å². The van der Waals surface area contributed by atoms with Crippen molar-refractivity contribution in [3.05, 3.63) is 47.5 Å². The van der Waals surface area contributed by atoms with E-state index in [9.17, 15) is 17.2 Å². The number of anilines is 4. The van der Waals surface area contributed by atoms with E-state index in [1.165, 1.54) is 12.8 Å². The Kier molecular flexibility index (Phi) is 7.48. The standard InChI is InChI=1S/C28H38F2N4O3S/c1-21-16-24(18-25(17-21)33-12-8-28(29,30)9-13-33)31-20-22-2-3-23(32-38(36,37)15-14-35)19-26(22)34-10-6-27(4-5-27)7-11-34/h2-3,16-19,31-32,35H,4-15,20H2,1H3. The third-order valence-electron chi connectivity index (χ3n) is 8.25. The van der Waals surface area contributed by atoms with E-state index in [1.807, 2.05) is 36.1 Å². The molecule has 38 heavy (non-hydrogen) atoms. The fourth-order valence-electron chi connectivity index (χ4n) is 5.66. The highest BCUT2D eigenvalue weighted by atomic mass is 32.2. The first kappa shape index (κ1) is 27.0. The van der Waals surface area contributed by atoms with Gasteiger partial charge in [0.25, 0.3) is 5.92 Å². The van der Waals surface area contributed by atoms with Gasteiger partial charge in [-0.25, -0.2) is 17.2 Å². The first-order valence-corrected chi connectivity index (χ1v) is 15.2. The van der Waals surface area contributed by atoms with Crippen molar-refractivity contribution in [3.8, 4) is 0 Å². The Labute approximate surface area is 224 Å². The summed E-state index contributed by atoms with van der Waals surface area (Å²) in [6.45, 7) is 4.67. The number of nitrogens with one attached hydrogen (secondary N) is 2. The molecule has 2 saturated heterocycles. The monoisotopic (exact) mass is 548 g/mol. The van der Waals surface area contributed by atoms with Gasteiger partial charge in [0.2, 0.25) is 10.0 Å². The van der Waals surface area contributed by atoms with Crippen LogP contribution < -0.4 is 19.8 Å². The zero-order valence-corrected chi connectivity index (χ0v) is 22.8. The van der Waals surface area contributed by atoms with Gasteiger partial charge in [0.1, 0.15) is 0 Å². The van der Waals surface area contributed by atoms with E-state index in [-0.39, 0.29) is 18.6 Å². The fourth-order valence-corrected chi connectivity index (χ4v) is 6.49. The smallest absolute Gasteiger partial charge is 0.251 e. The van der Waals surface area contributed by atoms with Gasteiger partial charge >= 0.3 is 0 Å². The zero-order valence-electron chi connectivity index (χ0n) is 22.0. The molecule has 3 N–H and O–H groups in total. The lowest BCUT2D eigenvalue weighted by atomic mass is 9.93. The van der Waals surface area contributed by atoms with Crippen molar-refractivity contribution in [2.45, 2.75) is 57.9 Å². The molecule has 7 nitrogen and oxygen atoms in total. The molecule has 0 aromatic heterocycles. The lowest BCUT2D eigenvalue weighted by molar-refractivity contribution is -0.0220. The average Bonchev–Trinajstić information content (AvgIpc) is 3.61. The van der Waals surface area contributed by atoms with Gasteiger partial charge < -0.3 is 20.2 Å². The minimum Gasteiger partial charge on any atom is -0.395 e. The Balaban J connectivity index is 1.34. The number of alkyl halides is 2. The fraction of sp³-hybridized carbons (Fsp3) is 0.571. The molecule has 10 heteroatoms. The van der Waals surface area contributed by atoms with E-state index in [0.717, 1.165) is 54.1 Å². The summed E-state index contributed by atoms with van der Waals surface area (Å²) < 4.78 is 54.4. The number of piperidine rings is 2. The number of aliphatic hydroxyl groups excluding tert-OH is 1. The van der Waals surface area contributed by atoms with Crippen LogP contribution in [0.4, 0.5) is 31.5 Å². The first-order chi connectivity index (χ1) is 18.1. The predicted octanol–water partition coefficient (Wildman–Crippen LogP) is 4.96. The van der Waals surface area contributed by atoms with E-state index < -0.39 is 22.6 Å². The minimum atomic E-state index is -3.62. The molecular formula is C28H38F2N4O3S. The van der Waals surface area contributed by atoms with Crippen LogP contribution >= 0.6 is 0 Å². The molecule has 2 heterocycles. The Morgan fingerprint density at radius 1 is 0.895 bits per heavy atom. The molecule has 0 bridgehead atoms. The van der Waals surface area contributed by atoms with Crippen LogP contribution in [0.15, 0.2) is 36.4 Å². The van der Waals surface area contributed by atoms with Gasteiger partial charge in [-0.1, -0.05) is 6.07 Å². The van der Waals surface area contributed by atoms with Crippen molar-refractivity contribution in [1.82, 2.24) is 0 Å². The molecular weight excluding hydrogens is 510 g/mol. The van der Waals surface area contributed by atoms with E-state index in [0.29, 0.717) is 30.7 Å². The Hall–Kier alpha value is -2.59. The number of aryl methyl sites for hydroxylation is 1. The summed E-state index contributed by atoms with van der Waals surface area (Å²) in [6.07, 6.45) is 4.66. The summed E-state index contributed by atoms with van der Waals surface area (Å²) in [5.74, 6) is -2.92. The van der Waals surface area contributed by atoms with Gasteiger partial charge in [0, 0.05) is 62.6 Å². The van der Waals surface area contributed by atoms with Gasteiger partial charge in [-0.15, -0.1) is 0 Å². The molecule has 1 aliphatic carbocycles. The van der Waals surface area contributed by atoms with Crippen LogP contribution in [0.1, 0.15) is 49.7 Å². The SMILES string of the molecule is Cc1cc(NCc2ccc(NS(=O)(=O)CCO)cc2N2CCC3(CC2)CC3)cc(N2CCC(F)(F)CC2)c1. The summed E-state index contributed by atoms with van der Waals surface area (Å²) >= 11 is 0. The molecule has 2 aromatic carbocycles. The Bertz CT molecular complexity index is 1250. The number of nitrogens with zero attached hydrogens (tertiary/aromatic N) is 2. The molecule has 2 aliphatic heterocycles. The number of hydrogen-bond donors (Lipinski definition) is 3. The normalized spacial score (nSPS) is 20.4. The maximum Gasteiger partial charge on any atom is 0.251 e. The van der Waals surface area contributed by atoms with Crippen LogP contribution in [0.3, 0.4) is 0 Å². The Morgan fingerprint density at radius 2 is 1.58 bits per heavy atom. The topological polar surface area (TPSA) is 84.9 Å².